The zero-order valence-electron chi connectivity index (χ0n) is 10.3. The van der Waals surface area contributed by atoms with Gasteiger partial charge in [0.15, 0.2) is 0 Å². The molecule has 0 aromatic heterocycles. The number of carbonyl (C=O) groups excluding carboxylic acids is 1. The Bertz CT molecular complexity index is 227. The van der Waals surface area contributed by atoms with Gasteiger partial charge in [-0.3, -0.25) is 0 Å². The third-order valence-electron chi connectivity index (χ3n) is 3.39. The van der Waals surface area contributed by atoms with E-state index in [0.29, 0.717) is 12.3 Å². The van der Waals surface area contributed by atoms with Crippen molar-refractivity contribution in [2.75, 3.05) is 0 Å². The summed E-state index contributed by atoms with van der Waals surface area (Å²) >= 11 is 0. The predicted molar refractivity (Wildman–Crippen MR) is 64.7 cm³/mol. The molecule has 0 saturated heterocycles. The van der Waals surface area contributed by atoms with Gasteiger partial charge in [-0.2, -0.15) is 0 Å². The number of carbonyl (C=O) groups is 1. The molecule has 0 aromatic carbocycles. The van der Waals surface area contributed by atoms with Gasteiger partial charge in [-0.25, -0.2) is 0 Å². The van der Waals surface area contributed by atoms with Crippen LogP contribution in [0.25, 0.3) is 0 Å². The molecule has 0 aliphatic heterocycles. The van der Waals surface area contributed by atoms with Gasteiger partial charge in [-0.1, -0.05) is 32.4 Å². The van der Waals surface area contributed by atoms with Crippen LogP contribution in [0.15, 0.2) is 11.6 Å². The van der Waals surface area contributed by atoms with E-state index >= 15 is 0 Å². The van der Waals surface area contributed by atoms with Crippen LogP contribution >= 0.6 is 0 Å². The minimum absolute atomic E-state index is 0.697. The highest BCUT2D eigenvalue weighted by atomic mass is 16.1. The quantitative estimate of drug-likeness (QED) is 0.493. The Morgan fingerprint density at radius 1 is 1.53 bits per heavy atom. The van der Waals surface area contributed by atoms with E-state index in [9.17, 15) is 4.79 Å². The van der Waals surface area contributed by atoms with Gasteiger partial charge in [0.25, 0.3) is 0 Å². The van der Waals surface area contributed by atoms with Crippen molar-refractivity contribution in [3.63, 3.8) is 0 Å². The number of hydrogen-bond donors (Lipinski definition) is 0. The first kappa shape index (κ1) is 12.5. The molecule has 0 unspecified atom stereocenters. The van der Waals surface area contributed by atoms with Crippen molar-refractivity contribution < 1.29 is 4.79 Å². The minimum Gasteiger partial charge on any atom is -0.303 e. The van der Waals surface area contributed by atoms with Crippen molar-refractivity contribution in [3.05, 3.63) is 11.6 Å². The summed E-state index contributed by atoms with van der Waals surface area (Å²) < 4.78 is 0. The Labute approximate surface area is 93.9 Å². The smallest absolute Gasteiger partial charge is 0.120 e. The number of allylic oxidation sites excluding steroid dienone is 2. The van der Waals surface area contributed by atoms with E-state index < -0.39 is 0 Å². The highest BCUT2D eigenvalue weighted by Crippen LogP contribution is 2.34. The van der Waals surface area contributed by atoms with E-state index in [2.05, 4.69) is 26.8 Å². The molecule has 0 aromatic rings. The van der Waals surface area contributed by atoms with Crippen LogP contribution in [0, 0.1) is 17.8 Å². The zero-order valence-corrected chi connectivity index (χ0v) is 10.3. The van der Waals surface area contributed by atoms with Crippen molar-refractivity contribution >= 4 is 6.29 Å². The Hall–Kier alpha value is -0.590. The van der Waals surface area contributed by atoms with E-state index in [1.165, 1.54) is 24.8 Å². The lowest BCUT2D eigenvalue weighted by Gasteiger charge is -2.28. The zero-order chi connectivity index (χ0) is 11.3. The molecule has 0 amide bonds. The Morgan fingerprint density at radius 3 is 2.80 bits per heavy atom. The summed E-state index contributed by atoms with van der Waals surface area (Å²) in [5, 5.41) is 0. The monoisotopic (exact) mass is 208 g/mol. The van der Waals surface area contributed by atoms with Crippen LogP contribution < -0.4 is 0 Å². The molecule has 0 saturated carbocycles. The summed E-state index contributed by atoms with van der Waals surface area (Å²) in [6.45, 7) is 6.91. The number of rotatable bonds is 5. The largest absolute Gasteiger partial charge is 0.303 e. The molecule has 0 fully saturated rings. The molecular weight excluding hydrogens is 184 g/mol. The molecule has 2 atom stereocenters. The van der Waals surface area contributed by atoms with Gasteiger partial charge >= 0.3 is 0 Å². The summed E-state index contributed by atoms with van der Waals surface area (Å²) in [5.74, 6) is 2.38. The summed E-state index contributed by atoms with van der Waals surface area (Å²) in [4.78, 5) is 10.3. The number of hydrogen-bond acceptors (Lipinski definition) is 1. The van der Waals surface area contributed by atoms with Gasteiger partial charge in [0.05, 0.1) is 0 Å². The van der Waals surface area contributed by atoms with Crippen LogP contribution in [-0.4, -0.2) is 6.29 Å². The number of aldehydes is 1. The minimum atomic E-state index is 0.697. The van der Waals surface area contributed by atoms with E-state index in [4.69, 9.17) is 0 Å². The fourth-order valence-corrected chi connectivity index (χ4v) is 2.70. The Balaban J connectivity index is 2.44. The summed E-state index contributed by atoms with van der Waals surface area (Å²) in [5.41, 5.74) is 1.52. The highest BCUT2D eigenvalue weighted by Gasteiger charge is 2.20. The molecule has 0 N–H and O–H groups in total. The molecule has 15 heavy (non-hydrogen) atoms. The van der Waals surface area contributed by atoms with Gasteiger partial charge in [0.2, 0.25) is 0 Å². The van der Waals surface area contributed by atoms with Gasteiger partial charge in [0, 0.05) is 6.42 Å². The summed E-state index contributed by atoms with van der Waals surface area (Å²) in [6, 6.07) is 0. The Morgan fingerprint density at radius 2 is 2.27 bits per heavy atom. The van der Waals surface area contributed by atoms with E-state index in [-0.39, 0.29) is 0 Å². The standard InChI is InChI=1S/C14H24O/c1-11(2)9-13-6-7-14(5-4-8-15)12(3)10-13/h7-8,11-13H,4-6,9-10H2,1-3H3/t12-,13+/m0/s1. The van der Waals surface area contributed by atoms with Crippen LogP contribution in [0.2, 0.25) is 0 Å². The fourth-order valence-electron chi connectivity index (χ4n) is 2.70. The molecule has 1 aliphatic rings. The van der Waals surface area contributed by atoms with Crippen LogP contribution in [0.5, 0.6) is 0 Å². The second-order valence-electron chi connectivity index (χ2n) is 5.35. The van der Waals surface area contributed by atoms with Crippen molar-refractivity contribution in [2.24, 2.45) is 17.8 Å². The third-order valence-corrected chi connectivity index (χ3v) is 3.39. The average Bonchev–Trinajstić information content (AvgIpc) is 2.15. The van der Waals surface area contributed by atoms with Crippen molar-refractivity contribution in [2.45, 2.75) is 52.9 Å². The second kappa shape index (κ2) is 6.09. The topological polar surface area (TPSA) is 17.1 Å². The lowest BCUT2D eigenvalue weighted by atomic mass is 9.77. The molecule has 86 valence electrons. The summed E-state index contributed by atoms with van der Waals surface area (Å²) in [7, 11) is 0. The Kier molecular flexibility index (Phi) is 5.07. The maximum atomic E-state index is 10.3. The van der Waals surface area contributed by atoms with Crippen LogP contribution in [0.4, 0.5) is 0 Å². The van der Waals surface area contributed by atoms with Crippen molar-refractivity contribution in [1.82, 2.24) is 0 Å². The van der Waals surface area contributed by atoms with Crippen molar-refractivity contribution in [3.8, 4) is 0 Å². The SMILES string of the molecule is CC(C)C[C@H]1CC=C(CCC=O)[C@@H](C)C1. The van der Waals surface area contributed by atoms with Gasteiger partial charge in [0.1, 0.15) is 6.29 Å². The molecule has 0 spiro atoms. The van der Waals surface area contributed by atoms with Crippen LogP contribution in [0.1, 0.15) is 52.9 Å². The first-order chi connectivity index (χ1) is 7.13. The lowest BCUT2D eigenvalue weighted by Crippen LogP contribution is -2.15. The van der Waals surface area contributed by atoms with Gasteiger partial charge in [-0.15, -0.1) is 0 Å². The molecule has 0 radical (unpaired) electrons. The molecule has 1 nitrogen and oxygen atoms in total. The maximum absolute atomic E-state index is 10.3. The normalized spacial score (nSPS) is 26.5. The van der Waals surface area contributed by atoms with E-state index in [0.717, 1.165) is 24.5 Å². The molecule has 1 aliphatic carbocycles. The molecule has 0 bridgehead atoms. The third kappa shape index (κ3) is 4.19. The molecule has 0 heterocycles. The van der Waals surface area contributed by atoms with Crippen molar-refractivity contribution in [1.29, 1.82) is 0 Å². The maximum Gasteiger partial charge on any atom is 0.120 e. The lowest BCUT2D eigenvalue weighted by molar-refractivity contribution is -0.107. The molecule has 1 heteroatoms. The van der Waals surface area contributed by atoms with E-state index in [1.807, 2.05) is 0 Å². The summed E-state index contributed by atoms with van der Waals surface area (Å²) in [6.07, 6.45) is 9.02. The first-order valence-corrected chi connectivity index (χ1v) is 6.26. The van der Waals surface area contributed by atoms with Crippen LogP contribution in [-0.2, 0) is 4.79 Å². The predicted octanol–water partition coefficient (Wildman–Crippen LogP) is 3.98. The first-order valence-electron chi connectivity index (χ1n) is 6.26. The van der Waals surface area contributed by atoms with Gasteiger partial charge in [-0.05, 0) is 43.4 Å². The highest BCUT2D eigenvalue weighted by molar-refractivity contribution is 5.50. The second-order valence-corrected chi connectivity index (χ2v) is 5.35. The van der Waals surface area contributed by atoms with Gasteiger partial charge < -0.3 is 4.79 Å². The average molecular weight is 208 g/mol. The fraction of sp³-hybridized carbons (Fsp3) is 0.786. The molecule has 1 rings (SSSR count). The van der Waals surface area contributed by atoms with Crippen LogP contribution in [0.3, 0.4) is 0 Å². The molecular formula is C14H24O. The van der Waals surface area contributed by atoms with E-state index in [1.54, 1.807) is 0 Å².